The van der Waals surface area contributed by atoms with Gasteiger partial charge in [0.05, 0.1) is 0 Å². The Morgan fingerprint density at radius 2 is 1.09 bits per heavy atom. The number of likely N-dealkylation sites (tertiary alicyclic amines) is 1. The molecule has 0 atom stereocenters. The van der Waals surface area contributed by atoms with Crippen molar-refractivity contribution in [3.8, 4) is 0 Å². The van der Waals surface area contributed by atoms with Crippen molar-refractivity contribution in [3.05, 3.63) is 129 Å². The number of fused-ring (bicyclic) bond motifs is 2. The van der Waals surface area contributed by atoms with Crippen LogP contribution in [0.4, 0.5) is 33.7 Å². The van der Waals surface area contributed by atoms with Gasteiger partial charge in [-0.15, -0.1) is 0 Å². The topological polar surface area (TPSA) is 157 Å². The summed E-state index contributed by atoms with van der Waals surface area (Å²) >= 11 is 0. The van der Waals surface area contributed by atoms with Crippen LogP contribution in [0.1, 0.15) is 81.5 Å². The Morgan fingerprint density at radius 1 is 0.643 bits per heavy atom. The number of Topliss-reactive ketones (excluding diaryl/α,β-unsaturated/α-hetero) is 2. The van der Waals surface area contributed by atoms with Crippen LogP contribution >= 0.6 is 0 Å². The van der Waals surface area contributed by atoms with E-state index in [0.717, 1.165) is 68.3 Å². The van der Waals surface area contributed by atoms with Crippen LogP contribution in [0.15, 0.2) is 72.8 Å². The standard InChI is InChI=1S/C22H23F2N3O2.C14H16FNO.C7H9FN2/c23-16-3-1-14-11-22(12-20(28)18(14)9-16)5-7-27(8-6-22)21(29)26-13-15-2-4-17(24)10-19(15)25;15-11-2-1-10-8-14(3-5-16-6-4-14)9-13(17)12(10)7-11;8-6-2-1-5(4-9)7(10)3-6/h1-4,9-10H,5-8,11-13,25H2,(H,26,29);1-2,7,16H,3-6,8-9H2;1-3H,4,9-10H2. The zero-order valence-corrected chi connectivity index (χ0v) is 31.2. The highest BCUT2D eigenvalue weighted by atomic mass is 19.1. The molecule has 2 amide bonds. The number of hydrogen-bond donors (Lipinski definition) is 5. The molecule has 0 aromatic heterocycles. The third-order valence-corrected chi connectivity index (χ3v) is 11.6. The summed E-state index contributed by atoms with van der Waals surface area (Å²) in [5, 5.41) is 6.16. The molecule has 2 aliphatic carbocycles. The Kier molecular flexibility index (Phi) is 12.4. The summed E-state index contributed by atoms with van der Waals surface area (Å²) in [7, 11) is 0. The molecular formula is C43H48F4N6O3. The van der Waals surface area contributed by atoms with Crippen molar-refractivity contribution in [3.63, 3.8) is 0 Å². The van der Waals surface area contributed by atoms with Crippen molar-refractivity contribution in [2.24, 2.45) is 16.6 Å². The first-order valence-electron chi connectivity index (χ1n) is 18.9. The lowest BCUT2D eigenvalue weighted by atomic mass is 9.66. The number of nitrogens with two attached hydrogens (primary N) is 3. The number of benzene rings is 4. The fourth-order valence-corrected chi connectivity index (χ4v) is 8.34. The molecular weight excluding hydrogens is 725 g/mol. The van der Waals surface area contributed by atoms with Gasteiger partial charge < -0.3 is 32.7 Å². The number of halogens is 4. The zero-order chi connectivity index (χ0) is 40.0. The third kappa shape index (κ3) is 9.57. The molecule has 8 N–H and O–H groups in total. The number of anilines is 2. The molecule has 4 aromatic rings. The van der Waals surface area contributed by atoms with Crippen molar-refractivity contribution >= 4 is 29.0 Å². The van der Waals surface area contributed by atoms with Crippen LogP contribution in [0.25, 0.3) is 0 Å². The summed E-state index contributed by atoms with van der Waals surface area (Å²) in [6.45, 7) is 3.66. The van der Waals surface area contributed by atoms with Gasteiger partial charge in [-0.1, -0.05) is 24.3 Å². The normalized spacial score (nSPS) is 17.8. The van der Waals surface area contributed by atoms with E-state index in [0.29, 0.717) is 60.5 Å². The molecule has 0 saturated carbocycles. The first kappa shape index (κ1) is 40.4. The summed E-state index contributed by atoms with van der Waals surface area (Å²) in [4.78, 5) is 38.9. The Balaban J connectivity index is 0.000000165. The van der Waals surface area contributed by atoms with Gasteiger partial charge in [0, 0.05) is 61.5 Å². The molecule has 0 bridgehead atoms. The second kappa shape index (κ2) is 17.3. The lowest BCUT2D eigenvalue weighted by molar-refractivity contribution is 0.0734. The highest BCUT2D eigenvalue weighted by molar-refractivity contribution is 5.99. The van der Waals surface area contributed by atoms with Gasteiger partial charge in [-0.2, -0.15) is 0 Å². The van der Waals surface area contributed by atoms with E-state index >= 15 is 0 Å². The molecule has 4 aromatic carbocycles. The van der Waals surface area contributed by atoms with E-state index in [4.69, 9.17) is 17.2 Å². The highest BCUT2D eigenvalue weighted by Gasteiger charge is 2.42. The predicted octanol–water partition coefficient (Wildman–Crippen LogP) is 6.86. The second-order valence-corrected chi connectivity index (χ2v) is 15.4. The number of carbonyl (C=O) groups excluding carboxylic acids is 3. The average Bonchev–Trinajstić information content (AvgIpc) is 3.16. The largest absolute Gasteiger partial charge is 0.398 e. The summed E-state index contributed by atoms with van der Waals surface area (Å²) in [6.07, 6.45) is 6.19. The molecule has 56 heavy (non-hydrogen) atoms. The van der Waals surface area contributed by atoms with E-state index in [1.54, 1.807) is 29.2 Å². The number of carbonyl (C=O) groups is 3. The van der Waals surface area contributed by atoms with Crippen molar-refractivity contribution < 1.29 is 31.9 Å². The molecule has 9 nitrogen and oxygen atoms in total. The molecule has 2 saturated heterocycles. The lowest BCUT2D eigenvalue weighted by Crippen LogP contribution is -2.49. The predicted molar refractivity (Wildman–Crippen MR) is 208 cm³/mol. The van der Waals surface area contributed by atoms with Gasteiger partial charge in [0.2, 0.25) is 0 Å². The number of nitrogens with zero attached hydrogens (tertiary/aromatic N) is 1. The minimum absolute atomic E-state index is 0.0181. The smallest absolute Gasteiger partial charge is 0.317 e. The van der Waals surface area contributed by atoms with Gasteiger partial charge in [-0.25, -0.2) is 22.4 Å². The number of urea groups is 1. The third-order valence-electron chi connectivity index (χ3n) is 11.6. The maximum absolute atomic E-state index is 13.5. The summed E-state index contributed by atoms with van der Waals surface area (Å²) < 4.78 is 52.1. The van der Waals surface area contributed by atoms with Crippen LogP contribution in [0, 0.1) is 34.1 Å². The fraction of sp³-hybridized carbons (Fsp3) is 0.372. The maximum Gasteiger partial charge on any atom is 0.317 e. The monoisotopic (exact) mass is 772 g/mol. The van der Waals surface area contributed by atoms with Gasteiger partial charge in [0.1, 0.15) is 23.3 Å². The molecule has 2 fully saturated rings. The first-order valence-corrected chi connectivity index (χ1v) is 18.9. The van der Waals surface area contributed by atoms with Gasteiger partial charge >= 0.3 is 6.03 Å². The Hall–Kier alpha value is -5.27. The summed E-state index contributed by atoms with van der Waals surface area (Å²) in [5.41, 5.74) is 21.6. The summed E-state index contributed by atoms with van der Waals surface area (Å²) in [6, 6.07) is 17.2. The molecule has 8 rings (SSSR count). The number of nitrogen functional groups attached to an aromatic ring is 2. The molecule has 2 heterocycles. The van der Waals surface area contributed by atoms with Crippen LogP contribution in [0.3, 0.4) is 0 Å². The van der Waals surface area contributed by atoms with E-state index in [1.165, 1.54) is 48.5 Å². The Morgan fingerprint density at radius 3 is 1.57 bits per heavy atom. The number of rotatable bonds is 3. The number of nitrogens with one attached hydrogen (secondary N) is 2. The van der Waals surface area contributed by atoms with Crippen LogP contribution in [0.5, 0.6) is 0 Å². The number of hydrogen-bond acceptors (Lipinski definition) is 7. The van der Waals surface area contributed by atoms with E-state index in [1.807, 2.05) is 0 Å². The van der Waals surface area contributed by atoms with Crippen molar-refractivity contribution in [1.29, 1.82) is 0 Å². The molecule has 296 valence electrons. The van der Waals surface area contributed by atoms with E-state index < -0.39 is 5.82 Å². The molecule has 2 aliphatic heterocycles. The molecule has 4 aliphatic rings. The van der Waals surface area contributed by atoms with Crippen molar-refractivity contribution in [1.82, 2.24) is 15.5 Å². The lowest BCUT2D eigenvalue weighted by Gasteiger charge is -2.44. The van der Waals surface area contributed by atoms with Crippen LogP contribution < -0.4 is 27.8 Å². The highest BCUT2D eigenvalue weighted by Crippen LogP contribution is 2.44. The van der Waals surface area contributed by atoms with E-state index in [2.05, 4.69) is 10.6 Å². The maximum atomic E-state index is 13.5. The van der Waals surface area contributed by atoms with Gasteiger partial charge in [-0.05, 0) is 133 Å². The molecule has 0 radical (unpaired) electrons. The first-order chi connectivity index (χ1) is 26.8. The number of piperidine rings is 2. The summed E-state index contributed by atoms with van der Waals surface area (Å²) in [5.74, 6) is -1.33. The zero-order valence-electron chi connectivity index (χ0n) is 31.2. The van der Waals surface area contributed by atoms with Crippen LogP contribution in [0.2, 0.25) is 0 Å². The molecule has 2 spiro atoms. The second-order valence-electron chi connectivity index (χ2n) is 15.4. The minimum atomic E-state index is -0.412. The van der Waals surface area contributed by atoms with Crippen molar-refractivity contribution in [2.45, 2.75) is 64.5 Å². The Bertz CT molecular complexity index is 2100. The van der Waals surface area contributed by atoms with Crippen molar-refractivity contribution in [2.75, 3.05) is 37.6 Å². The molecule has 13 heteroatoms. The van der Waals surface area contributed by atoms with Crippen LogP contribution in [-0.2, 0) is 25.9 Å². The van der Waals surface area contributed by atoms with Gasteiger partial charge in [0.25, 0.3) is 0 Å². The SMILES string of the molecule is NCc1ccc(F)cc1N.Nc1cc(F)ccc1CNC(=O)N1CCC2(CC1)CC(=O)c1cc(F)ccc1C2.O=C1CC2(CCNCC2)Cc2ccc(F)cc21. The van der Waals surface area contributed by atoms with E-state index in [9.17, 15) is 31.9 Å². The quantitative estimate of drug-likeness (QED) is 0.113. The van der Waals surface area contributed by atoms with Gasteiger partial charge in [0.15, 0.2) is 11.6 Å². The fourth-order valence-electron chi connectivity index (χ4n) is 8.34. The minimum Gasteiger partial charge on any atom is -0.398 e. The number of amides is 2. The number of ketones is 2. The van der Waals surface area contributed by atoms with Gasteiger partial charge in [-0.3, -0.25) is 9.59 Å². The van der Waals surface area contributed by atoms with Crippen LogP contribution in [-0.4, -0.2) is 48.7 Å². The Labute approximate surface area is 324 Å². The average molecular weight is 773 g/mol. The van der Waals surface area contributed by atoms with E-state index in [-0.39, 0.29) is 52.4 Å². The molecule has 0 unspecified atom stereocenters.